The Morgan fingerprint density at radius 2 is 1.81 bits per heavy atom. The normalized spacial score (nSPS) is 17.2. The third-order valence-electron chi connectivity index (χ3n) is 4.71. The molecule has 0 saturated carbocycles. The highest BCUT2D eigenvalue weighted by Gasteiger charge is 2.40. The predicted molar refractivity (Wildman–Crippen MR) is 118 cm³/mol. The van der Waals surface area contributed by atoms with Crippen LogP contribution in [0.2, 0.25) is 5.02 Å². The average molecular weight is 442 g/mol. The molecule has 31 heavy (non-hydrogen) atoms. The molecule has 0 bridgehead atoms. The predicted octanol–water partition coefficient (Wildman–Crippen LogP) is 4.47. The maximum atomic E-state index is 13.2. The molecule has 2 aromatic rings. The molecule has 1 heterocycles. The Bertz CT molecular complexity index is 998. The number of esters is 2. The molecule has 2 aromatic carbocycles. The summed E-state index contributed by atoms with van der Waals surface area (Å²) in [5, 5.41) is 0.383. The van der Waals surface area contributed by atoms with Crippen LogP contribution in [-0.4, -0.2) is 36.9 Å². The van der Waals surface area contributed by atoms with Gasteiger partial charge in [0.25, 0.3) is 0 Å². The fourth-order valence-corrected chi connectivity index (χ4v) is 3.57. The Hall–Kier alpha value is -3.12. The van der Waals surface area contributed by atoms with Crippen molar-refractivity contribution in [3.8, 4) is 0 Å². The van der Waals surface area contributed by atoms with Gasteiger partial charge in [0.1, 0.15) is 5.76 Å². The monoisotopic (exact) mass is 441 g/mol. The lowest BCUT2D eigenvalue weighted by Crippen LogP contribution is -2.32. The van der Waals surface area contributed by atoms with E-state index in [-0.39, 0.29) is 5.76 Å². The summed E-state index contributed by atoms with van der Waals surface area (Å²) in [6, 6.07) is 15.7. The molecule has 0 radical (unpaired) electrons. The van der Waals surface area contributed by atoms with Gasteiger partial charge in [-0.3, -0.25) is 4.99 Å². The zero-order chi connectivity index (χ0) is 22.4. The average Bonchev–Trinajstić information content (AvgIpc) is 3.13. The van der Waals surface area contributed by atoms with Crippen molar-refractivity contribution in [2.75, 3.05) is 7.11 Å². The second kappa shape index (κ2) is 10.3. The molecule has 0 fully saturated rings. The lowest BCUT2D eigenvalue weighted by atomic mass is 10.0. The summed E-state index contributed by atoms with van der Waals surface area (Å²) in [5.41, 5.74) is 2.21. The maximum Gasteiger partial charge on any atom is 0.335 e. The third kappa shape index (κ3) is 5.73. The van der Waals surface area contributed by atoms with Crippen LogP contribution in [0.5, 0.6) is 0 Å². The van der Waals surface area contributed by atoms with E-state index >= 15 is 0 Å². The molecule has 0 N–H and O–H groups in total. The van der Waals surface area contributed by atoms with E-state index in [1.807, 2.05) is 44.2 Å². The lowest BCUT2D eigenvalue weighted by molar-refractivity contribution is -0.163. The zero-order valence-corrected chi connectivity index (χ0v) is 18.3. The number of rotatable bonds is 8. The van der Waals surface area contributed by atoms with Crippen molar-refractivity contribution in [1.82, 2.24) is 0 Å². The second-order valence-electron chi connectivity index (χ2n) is 7.27. The number of halogens is 1. The van der Waals surface area contributed by atoms with Crippen LogP contribution in [0.4, 0.5) is 0 Å². The number of nitrogens with zero attached hydrogens (tertiary/aromatic N) is 1. The molecule has 162 valence electrons. The molecule has 2 unspecified atom stereocenters. The van der Waals surface area contributed by atoms with E-state index in [0.717, 1.165) is 11.3 Å². The van der Waals surface area contributed by atoms with Crippen molar-refractivity contribution in [3.05, 3.63) is 82.6 Å². The minimum Gasteiger partial charge on any atom is -0.497 e. The largest absolute Gasteiger partial charge is 0.497 e. The number of carbonyl (C=O) groups excluding carboxylic acids is 2. The molecule has 0 saturated heterocycles. The van der Waals surface area contributed by atoms with Gasteiger partial charge in [0.15, 0.2) is 18.2 Å². The molecule has 0 aromatic heterocycles. The highest BCUT2D eigenvalue weighted by Crippen LogP contribution is 2.36. The molecule has 0 amide bonds. The van der Waals surface area contributed by atoms with Gasteiger partial charge in [0.05, 0.1) is 13.2 Å². The highest BCUT2D eigenvalue weighted by molar-refractivity contribution is 6.31. The Morgan fingerprint density at radius 1 is 1.13 bits per heavy atom. The SMILES string of the molecule is COC1=CC(=O)OC1C(OC(=O)[C@H](Cc1ccccc1)N=C(C)C)c1ccccc1Cl. The third-order valence-corrected chi connectivity index (χ3v) is 5.05. The van der Waals surface area contributed by atoms with Crippen molar-refractivity contribution >= 4 is 29.3 Å². The molecule has 0 aliphatic carbocycles. The van der Waals surface area contributed by atoms with E-state index in [9.17, 15) is 9.59 Å². The van der Waals surface area contributed by atoms with E-state index < -0.39 is 30.2 Å². The van der Waals surface area contributed by atoms with Gasteiger partial charge in [-0.2, -0.15) is 0 Å². The molecular weight excluding hydrogens is 418 g/mol. The summed E-state index contributed by atoms with van der Waals surface area (Å²) in [4.78, 5) is 29.6. The molecule has 7 heteroatoms. The summed E-state index contributed by atoms with van der Waals surface area (Å²) >= 11 is 6.38. The molecule has 1 aliphatic rings. The van der Waals surface area contributed by atoms with E-state index in [1.54, 1.807) is 24.3 Å². The van der Waals surface area contributed by atoms with Gasteiger partial charge in [0.2, 0.25) is 0 Å². The Morgan fingerprint density at radius 3 is 2.45 bits per heavy atom. The van der Waals surface area contributed by atoms with Crippen LogP contribution in [0.1, 0.15) is 31.1 Å². The van der Waals surface area contributed by atoms with Crippen LogP contribution >= 0.6 is 11.6 Å². The van der Waals surface area contributed by atoms with E-state index in [2.05, 4.69) is 4.99 Å². The van der Waals surface area contributed by atoms with Crippen molar-refractivity contribution in [1.29, 1.82) is 0 Å². The number of ether oxygens (including phenoxy) is 3. The van der Waals surface area contributed by atoms with Crippen molar-refractivity contribution in [3.63, 3.8) is 0 Å². The first-order valence-electron chi connectivity index (χ1n) is 9.85. The number of hydrogen-bond donors (Lipinski definition) is 0. The number of cyclic esters (lactones) is 1. The zero-order valence-electron chi connectivity index (χ0n) is 17.6. The molecule has 1 aliphatic heterocycles. The van der Waals surface area contributed by atoms with E-state index in [0.29, 0.717) is 17.0 Å². The first-order chi connectivity index (χ1) is 14.9. The van der Waals surface area contributed by atoms with Crippen molar-refractivity contribution in [2.45, 2.75) is 38.5 Å². The first-order valence-corrected chi connectivity index (χ1v) is 10.2. The molecule has 3 rings (SSSR count). The van der Waals surface area contributed by atoms with Gasteiger partial charge in [0, 0.05) is 22.7 Å². The first kappa shape index (κ1) is 22.6. The fraction of sp³-hybridized carbons (Fsp3) is 0.292. The number of aliphatic imine (C=N–C) groups is 1. The Balaban J connectivity index is 1.92. The summed E-state index contributed by atoms with van der Waals surface area (Å²) in [5.74, 6) is -0.857. The molecular formula is C24H24ClNO5. The molecule has 3 atom stereocenters. The summed E-state index contributed by atoms with van der Waals surface area (Å²) < 4.78 is 16.6. The Labute approximate surface area is 186 Å². The smallest absolute Gasteiger partial charge is 0.335 e. The van der Waals surface area contributed by atoms with Crippen LogP contribution in [0.25, 0.3) is 0 Å². The minimum absolute atomic E-state index is 0.262. The quantitative estimate of drug-likeness (QED) is 0.446. The molecule has 0 spiro atoms. The fourth-order valence-electron chi connectivity index (χ4n) is 3.33. The number of carbonyl (C=O) groups is 2. The maximum absolute atomic E-state index is 13.2. The highest BCUT2D eigenvalue weighted by atomic mass is 35.5. The Kier molecular flexibility index (Phi) is 7.47. The number of benzene rings is 2. The van der Waals surface area contributed by atoms with Gasteiger partial charge < -0.3 is 14.2 Å². The summed E-state index contributed by atoms with van der Waals surface area (Å²) in [6.45, 7) is 3.64. The summed E-state index contributed by atoms with van der Waals surface area (Å²) in [6.07, 6.45) is -0.315. The standard InChI is InChI=1S/C24H24ClNO5/c1-15(2)26-19(13-16-9-5-4-6-10-16)24(28)31-22(17-11-7-8-12-18(17)25)23-20(29-3)14-21(27)30-23/h4-12,14,19,22-23H,13H2,1-3H3/t19-,22?,23?/m0/s1. The van der Waals surface area contributed by atoms with Crippen molar-refractivity contribution in [2.24, 2.45) is 4.99 Å². The van der Waals surface area contributed by atoms with Gasteiger partial charge >= 0.3 is 11.9 Å². The number of hydrogen-bond acceptors (Lipinski definition) is 6. The lowest BCUT2D eigenvalue weighted by Gasteiger charge is -2.26. The van der Waals surface area contributed by atoms with Crippen LogP contribution in [-0.2, 0) is 30.2 Å². The molecule has 6 nitrogen and oxygen atoms in total. The van der Waals surface area contributed by atoms with Gasteiger partial charge in [-0.25, -0.2) is 9.59 Å². The number of methoxy groups -OCH3 is 1. The van der Waals surface area contributed by atoms with Gasteiger partial charge in [-0.1, -0.05) is 60.1 Å². The van der Waals surface area contributed by atoms with Gasteiger partial charge in [-0.05, 0) is 25.5 Å². The minimum atomic E-state index is -0.982. The van der Waals surface area contributed by atoms with Gasteiger partial charge in [-0.15, -0.1) is 0 Å². The van der Waals surface area contributed by atoms with E-state index in [4.69, 9.17) is 25.8 Å². The second-order valence-corrected chi connectivity index (χ2v) is 7.68. The summed E-state index contributed by atoms with van der Waals surface area (Å²) in [7, 11) is 1.43. The van der Waals surface area contributed by atoms with Crippen molar-refractivity contribution < 1.29 is 23.8 Å². The van der Waals surface area contributed by atoms with Crippen LogP contribution in [0.15, 0.2) is 71.4 Å². The topological polar surface area (TPSA) is 74.2 Å². The van der Waals surface area contributed by atoms with E-state index in [1.165, 1.54) is 13.2 Å². The van der Waals surface area contributed by atoms with Crippen LogP contribution in [0.3, 0.4) is 0 Å². The van der Waals surface area contributed by atoms with Crippen LogP contribution in [0, 0.1) is 0 Å². The van der Waals surface area contributed by atoms with Crippen LogP contribution < -0.4 is 0 Å².